The first-order chi connectivity index (χ1) is 5.26. The Hall–Kier alpha value is -0.850. The largest absolute Gasteiger partial charge is 0.261 e. The molecule has 1 atom stereocenters. The molecular weight excluding hydrogens is 134 g/mol. The lowest BCUT2D eigenvalue weighted by atomic mass is 10.1. The summed E-state index contributed by atoms with van der Waals surface area (Å²) in [6.45, 7) is 9.93. The summed E-state index contributed by atoms with van der Waals surface area (Å²) in [5.41, 5.74) is 1.15. The Kier molecular flexibility index (Phi) is 5.44. The van der Waals surface area contributed by atoms with Crippen molar-refractivity contribution in [1.29, 1.82) is 0 Å². The van der Waals surface area contributed by atoms with Crippen LogP contribution in [-0.4, -0.2) is 6.21 Å². The minimum absolute atomic E-state index is 0.552. The number of nitrogens with zero attached hydrogens (tertiary/aromatic N) is 1. The Labute approximate surface area is 69.5 Å². The van der Waals surface area contributed by atoms with E-state index in [-0.39, 0.29) is 0 Å². The predicted molar refractivity (Wildman–Crippen MR) is 51.9 cm³/mol. The van der Waals surface area contributed by atoms with Gasteiger partial charge in [-0.1, -0.05) is 32.6 Å². The fourth-order valence-electron chi connectivity index (χ4n) is 0.834. The van der Waals surface area contributed by atoms with Gasteiger partial charge in [-0.25, -0.2) is 0 Å². The summed E-state index contributed by atoms with van der Waals surface area (Å²) < 4.78 is 0. The molecule has 1 heteroatoms. The lowest BCUT2D eigenvalue weighted by Gasteiger charge is -2.07. The van der Waals surface area contributed by atoms with Crippen LogP contribution in [0.3, 0.4) is 0 Å². The molecular formula is C10H17N. The highest BCUT2D eigenvalue weighted by Crippen LogP contribution is 2.14. The van der Waals surface area contributed by atoms with Gasteiger partial charge in [-0.3, -0.25) is 4.99 Å². The highest BCUT2D eigenvalue weighted by molar-refractivity contribution is 5.71. The highest BCUT2D eigenvalue weighted by Gasteiger charge is 2.01. The normalized spacial score (nSPS) is 15.4. The zero-order valence-electron chi connectivity index (χ0n) is 7.67. The molecule has 0 aliphatic heterocycles. The van der Waals surface area contributed by atoms with E-state index in [0.29, 0.717) is 5.92 Å². The first-order valence-electron chi connectivity index (χ1n) is 4.07. The van der Waals surface area contributed by atoms with Gasteiger partial charge >= 0.3 is 0 Å². The molecule has 1 unspecified atom stereocenters. The lowest BCUT2D eigenvalue weighted by Crippen LogP contribution is -1.94. The molecule has 0 aliphatic rings. The molecule has 0 saturated heterocycles. The molecule has 0 aromatic carbocycles. The van der Waals surface area contributed by atoms with Gasteiger partial charge < -0.3 is 0 Å². The van der Waals surface area contributed by atoms with Crippen LogP contribution in [0, 0.1) is 5.92 Å². The van der Waals surface area contributed by atoms with Gasteiger partial charge in [0.05, 0.1) is 0 Å². The maximum atomic E-state index is 4.25. The van der Waals surface area contributed by atoms with Crippen molar-refractivity contribution in [1.82, 2.24) is 0 Å². The second-order valence-electron chi connectivity index (χ2n) is 2.54. The van der Waals surface area contributed by atoms with Crippen LogP contribution in [0.25, 0.3) is 0 Å². The number of hydrogen-bond acceptors (Lipinski definition) is 1. The minimum Gasteiger partial charge on any atom is -0.261 e. The third-order valence-electron chi connectivity index (χ3n) is 1.74. The highest BCUT2D eigenvalue weighted by atomic mass is 14.7. The van der Waals surface area contributed by atoms with Crippen molar-refractivity contribution in [2.45, 2.75) is 27.2 Å². The summed E-state index contributed by atoms with van der Waals surface area (Å²) in [4.78, 5) is 4.25. The van der Waals surface area contributed by atoms with Gasteiger partial charge in [0, 0.05) is 11.9 Å². The third-order valence-corrected chi connectivity index (χ3v) is 1.74. The molecule has 11 heavy (non-hydrogen) atoms. The molecule has 0 spiro atoms. The van der Waals surface area contributed by atoms with Crippen LogP contribution >= 0.6 is 0 Å². The molecule has 0 bridgehead atoms. The molecule has 0 N–H and O–H groups in total. The Morgan fingerprint density at radius 3 is 2.64 bits per heavy atom. The van der Waals surface area contributed by atoms with Crippen LogP contribution in [0.1, 0.15) is 27.2 Å². The van der Waals surface area contributed by atoms with E-state index in [1.54, 1.807) is 12.3 Å². The van der Waals surface area contributed by atoms with E-state index in [9.17, 15) is 0 Å². The van der Waals surface area contributed by atoms with Gasteiger partial charge in [0.2, 0.25) is 0 Å². The van der Waals surface area contributed by atoms with Gasteiger partial charge in [0.1, 0.15) is 0 Å². The number of hydrogen-bond donors (Lipinski definition) is 0. The van der Waals surface area contributed by atoms with E-state index in [1.807, 2.05) is 13.0 Å². The summed E-state index contributed by atoms with van der Waals surface area (Å²) in [6.07, 6.45) is 6.62. The Balaban J connectivity index is 4.18. The molecule has 1 nitrogen and oxygen atoms in total. The SMILES string of the molecule is C=CC=N/C(=C/C)C(C)CC. The zero-order valence-corrected chi connectivity index (χ0v) is 7.67. The van der Waals surface area contributed by atoms with Crippen LogP contribution < -0.4 is 0 Å². The van der Waals surface area contributed by atoms with E-state index in [4.69, 9.17) is 0 Å². The first-order valence-corrected chi connectivity index (χ1v) is 4.07. The van der Waals surface area contributed by atoms with Crippen molar-refractivity contribution < 1.29 is 0 Å². The molecule has 0 amide bonds. The maximum Gasteiger partial charge on any atom is 0.0389 e. The second kappa shape index (κ2) is 5.90. The molecule has 0 fully saturated rings. The number of allylic oxidation sites excluding steroid dienone is 3. The molecule has 62 valence electrons. The van der Waals surface area contributed by atoms with Crippen molar-refractivity contribution in [2.24, 2.45) is 10.9 Å². The molecule has 0 aromatic rings. The zero-order chi connectivity index (χ0) is 8.69. The van der Waals surface area contributed by atoms with Crippen molar-refractivity contribution in [3.63, 3.8) is 0 Å². The van der Waals surface area contributed by atoms with E-state index < -0.39 is 0 Å². The Bertz CT molecular complexity index is 166. The van der Waals surface area contributed by atoms with Crippen molar-refractivity contribution in [3.8, 4) is 0 Å². The van der Waals surface area contributed by atoms with Gasteiger partial charge in [-0.15, -0.1) is 0 Å². The summed E-state index contributed by atoms with van der Waals surface area (Å²) in [5, 5.41) is 0. The quantitative estimate of drug-likeness (QED) is 0.547. The molecule has 0 saturated carbocycles. The fourth-order valence-corrected chi connectivity index (χ4v) is 0.834. The molecule has 0 rings (SSSR count). The standard InChI is InChI=1S/C10H17N/c1-5-8-11-10(7-3)9(4)6-2/h5,7-9H,1,6H2,2-4H3/b10-7+,11-8?. The van der Waals surface area contributed by atoms with Gasteiger partial charge in [-0.2, -0.15) is 0 Å². The molecule has 0 aromatic heterocycles. The van der Waals surface area contributed by atoms with Gasteiger partial charge in [0.25, 0.3) is 0 Å². The first kappa shape index (κ1) is 10.2. The average molecular weight is 151 g/mol. The monoisotopic (exact) mass is 151 g/mol. The van der Waals surface area contributed by atoms with Crippen LogP contribution in [0.15, 0.2) is 29.4 Å². The Morgan fingerprint density at radius 2 is 2.27 bits per heavy atom. The lowest BCUT2D eigenvalue weighted by molar-refractivity contribution is 0.648. The third kappa shape index (κ3) is 3.76. The van der Waals surface area contributed by atoms with Crippen LogP contribution in [0.2, 0.25) is 0 Å². The molecule has 0 radical (unpaired) electrons. The topological polar surface area (TPSA) is 12.4 Å². The smallest absolute Gasteiger partial charge is 0.0389 e. The molecule has 0 aliphatic carbocycles. The summed E-state index contributed by atoms with van der Waals surface area (Å²) in [6, 6.07) is 0. The summed E-state index contributed by atoms with van der Waals surface area (Å²) in [5.74, 6) is 0.552. The molecule has 0 heterocycles. The summed E-state index contributed by atoms with van der Waals surface area (Å²) in [7, 11) is 0. The van der Waals surface area contributed by atoms with Crippen molar-refractivity contribution >= 4 is 6.21 Å². The van der Waals surface area contributed by atoms with E-state index >= 15 is 0 Å². The van der Waals surface area contributed by atoms with Crippen molar-refractivity contribution in [2.75, 3.05) is 0 Å². The van der Waals surface area contributed by atoms with E-state index in [1.165, 1.54) is 0 Å². The van der Waals surface area contributed by atoms with Crippen LogP contribution in [-0.2, 0) is 0 Å². The maximum absolute atomic E-state index is 4.25. The Morgan fingerprint density at radius 1 is 1.64 bits per heavy atom. The van der Waals surface area contributed by atoms with E-state index in [2.05, 4.69) is 25.4 Å². The predicted octanol–water partition coefficient (Wildman–Crippen LogP) is 3.19. The summed E-state index contributed by atoms with van der Waals surface area (Å²) >= 11 is 0. The van der Waals surface area contributed by atoms with Crippen molar-refractivity contribution in [3.05, 3.63) is 24.4 Å². The number of rotatable bonds is 4. The minimum atomic E-state index is 0.552. The van der Waals surface area contributed by atoms with Gasteiger partial charge in [-0.05, 0) is 19.3 Å². The van der Waals surface area contributed by atoms with E-state index in [0.717, 1.165) is 12.1 Å². The van der Waals surface area contributed by atoms with Crippen LogP contribution in [0.4, 0.5) is 0 Å². The van der Waals surface area contributed by atoms with Gasteiger partial charge in [0.15, 0.2) is 0 Å². The second-order valence-corrected chi connectivity index (χ2v) is 2.54. The fraction of sp³-hybridized carbons (Fsp3) is 0.500. The van der Waals surface area contributed by atoms with Crippen LogP contribution in [0.5, 0.6) is 0 Å². The average Bonchev–Trinajstić information content (AvgIpc) is 2.05. The number of aliphatic imine (C=N–C) groups is 1.